The van der Waals surface area contributed by atoms with Crippen LogP contribution in [0.3, 0.4) is 0 Å². The highest BCUT2D eigenvalue weighted by Crippen LogP contribution is 2.43. The van der Waals surface area contributed by atoms with Crippen LogP contribution in [-0.4, -0.2) is 47.4 Å². The van der Waals surface area contributed by atoms with Gasteiger partial charge in [0.2, 0.25) is 0 Å². The zero-order chi connectivity index (χ0) is 36.8. The first-order valence-electron chi connectivity index (χ1n) is 18.1. The Kier molecular flexibility index (Phi) is 10.4. The number of nitrogens with zero attached hydrogens (tertiary/aromatic N) is 6. The fraction of sp³-hybridized carbons (Fsp3) is 0.205. The molecule has 1 unspecified atom stereocenters. The summed E-state index contributed by atoms with van der Waals surface area (Å²) in [6.07, 6.45) is 0.593. The molecule has 0 radical (unpaired) electrons. The summed E-state index contributed by atoms with van der Waals surface area (Å²) in [5.41, 5.74) is 6.63. The van der Waals surface area contributed by atoms with E-state index in [1.165, 1.54) is 0 Å². The third kappa shape index (κ3) is 6.67. The van der Waals surface area contributed by atoms with Crippen LogP contribution in [0.15, 0.2) is 140 Å². The van der Waals surface area contributed by atoms with E-state index in [1.807, 2.05) is 76.0 Å². The number of aromatic nitrogens is 6. The summed E-state index contributed by atoms with van der Waals surface area (Å²) in [5.74, 6) is 0.874. The topological polar surface area (TPSA) is 108 Å². The summed E-state index contributed by atoms with van der Waals surface area (Å²) in [7, 11) is 0. The van der Waals surface area contributed by atoms with E-state index in [0.717, 1.165) is 51.2 Å². The van der Waals surface area contributed by atoms with Crippen LogP contribution in [0.25, 0.3) is 22.5 Å². The Morgan fingerprint density at radius 3 is 1.83 bits per heavy atom. The highest BCUT2D eigenvalue weighted by Gasteiger charge is 2.42. The summed E-state index contributed by atoms with van der Waals surface area (Å²) < 4.78 is 9.24. The summed E-state index contributed by atoms with van der Waals surface area (Å²) >= 11 is 0. The van der Waals surface area contributed by atoms with Crippen molar-refractivity contribution in [2.75, 3.05) is 6.61 Å². The second kappa shape index (κ2) is 15.6. The molecule has 9 heteroatoms. The molecule has 5 aromatic carbocycles. The van der Waals surface area contributed by atoms with Crippen molar-refractivity contribution in [1.29, 1.82) is 0 Å². The number of hydrogen-bond acceptors (Lipinski definition) is 7. The van der Waals surface area contributed by atoms with Crippen LogP contribution in [0.2, 0.25) is 0 Å². The summed E-state index contributed by atoms with van der Waals surface area (Å²) in [4.78, 5) is 17.8. The molecule has 2 aromatic heterocycles. The molecule has 0 saturated carbocycles. The van der Waals surface area contributed by atoms with Gasteiger partial charge in [-0.25, -0.2) is 14.5 Å². The Morgan fingerprint density at radius 2 is 1.30 bits per heavy atom. The lowest BCUT2D eigenvalue weighted by Gasteiger charge is -2.36. The van der Waals surface area contributed by atoms with Crippen LogP contribution < -0.4 is 0 Å². The number of ether oxygens (including phenoxy) is 1. The number of aliphatic hydroxyl groups excluding tert-OH is 1. The summed E-state index contributed by atoms with van der Waals surface area (Å²) in [6.45, 7) is 6.09. The van der Waals surface area contributed by atoms with E-state index in [-0.39, 0.29) is 6.61 Å². The Hall–Kier alpha value is -6.19. The van der Waals surface area contributed by atoms with Gasteiger partial charge in [-0.05, 0) is 64.1 Å². The van der Waals surface area contributed by atoms with Gasteiger partial charge in [0.05, 0.1) is 12.7 Å². The van der Waals surface area contributed by atoms with Gasteiger partial charge in [0, 0.05) is 18.5 Å². The zero-order valence-electron chi connectivity index (χ0n) is 30.1. The molecule has 0 aliphatic rings. The van der Waals surface area contributed by atoms with Crippen LogP contribution in [-0.2, 0) is 23.2 Å². The lowest BCUT2D eigenvalue weighted by molar-refractivity contribution is 0.0506. The quantitative estimate of drug-likeness (QED) is 0.0952. The molecule has 0 amide bonds. The van der Waals surface area contributed by atoms with Crippen molar-refractivity contribution in [3.05, 3.63) is 179 Å². The molecule has 1 N–H and O–H groups in total. The average Bonchev–Trinajstić information content (AvgIpc) is 3.83. The van der Waals surface area contributed by atoms with Crippen molar-refractivity contribution < 1.29 is 14.6 Å². The monoisotopic (exact) mass is 702 g/mol. The number of aryl methyl sites for hydroxylation is 1. The first-order chi connectivity index (χ1) is 26.0. The normalized spacial score (nSPS) is 12.1. The van der Waals surface area contributed by atoms with Crippen molar-refractivity contribution in [3.8, 4) is 22.5 Å². The summed E-state index contributed by atoms with van der Waals surface area (Å²) in [6, 6.07) is 47.5. The molecule has 7 rings (SSSR count). The molecule has 1 atom stereocenters. The van der Waals surface area contributed by atoms with E-state index >= 15 is 0 Å². The van der Waals surface area contributed by atoms with Gasteiger partial charge in [-0.3, -0.25) is 0 Å². The number of carbonyl (C=O) groups is 1. The molecular weight excluding hydrogens is 661 g/mol. The number of benzene rings is 5. The second-order valence-corrected chi connectivity index (χ2v) is 13.0. The van der Waals surface area contributed by atoms with Gasteiger partial charge in [0.25, 0.3) is 0 Å². The maximum absolute atomic E-state index is 13.1. The van der Waals surface area contributed by atoms with Gasteiger partial charge in [0.1, 0.15) is 17.1 Å². The van der Waals surface area contributed by atoms with Crippen LogP contribution in [0.1, 0.15) is 77.6 Å². The minimum absolute atomic E-state index is 0.229. The number of hydrogen-bond donors (Lipinski definition) is 1. The Bertz CT molecular complexity index is 2180. The van der Waals surface area contributed by atoms with Crippen LogP contribution in [0, 0.1) is 0 Å². The number of esters is 1. The fourth-order valence-corrected chi connectivity index (χ4v) is 7.20. The fourth-order valence-electron chi connectivity index (χ4n) is 7.20. The molecule has 7 aromatic rings. The van der Waals surface area contributed by atoms with Crippen molar-refractivity contribution >= 4 is 5.97 Å². The van der Waals surface area contributed by atoms with Crippen LogP contribution in [0.5, 0.6) is 0 Å². The van der Waals surface area contributed by atoms with E-state index in [4.69, 9.17) is 15.0 Å². The van der Waals surface area contributed by atoms with Crippen LogP contribution >= 0.6 is 0 Å². The molecular formula is C44H42N6O3. The number of aliphatic hydroxyl groups is 1. The van der Waals surface area contributed by atoms with Gasteiger partial charge in [0.15, 0.2) is 11.5 Å². The number of imidazole rings is 1. The molecule has 0 bridgehead atoms. The minimum Gasteiger partial charge on any atom is -0.461 e. The van der Waals surface area contributed by atoms with E-state index < -0.39 is 17.6 Å². The standard InChI is InChI=1S/C44H42N6O3/c1-4-17-39-45-40(31(3)51)41(43(52)53-5-2)49(39)30-32-26-28-33(29-27-32)37-24-15-16-25-38(37)42-46-47-48-50(42)44(34-18-9-6-10-19-34,35-20-11-7-12-21-35)36-22-13-8-14-23-36/h6-16,18-29,31,51H,4-5,17,30H2,1-3H3. The molecule has 0 saturated heterocycles. The summed E-state index contributed by atoms with van der Waals surface area (Å²) in [5, 5.41) is 24.3. The van der Waals surface area contributed by atoms with Crippen molar-refractivity contribution in [3.63, 3.8) is 0 Å². The first-order valence-corrected chi connectivity index (χ1v) is 18.1. The largest absolute Gasteiger partial charge is 0.461 e. The number of tetrazole rings is 1. The van der Waals surface area contributed by atoms with Gasteiger partial charge in [-0.15, -0.1) is 5.10 Å². The van der Waals surface area contributed by atoms with Gasteiger partial charge in [-0.1, -0.05) is 146 Å². The highest BCUT2D eigenvalue weighted by molar-refractivity contribution is 5.89. The zero-order valence-corrected chi connectivity index (χ0v) is 30.1. The highest BCUT2D eigenvalue weighted by atomic mass is 16.5. The van der Waals surface area contributed by atoms with Crippen molar-refractivity contribution in [2.45, 2.75) is 51.8 Å². The predicted molar refractivity (Wildman–Crippen MR) is 205 cm³/mol. The molecule has 2 heterocycles. The molecule has 0 aliphatic heterocycles. The Balaban J connectivity index is 1.33. The molecule has 9 nitrogen and oxygen atoms in total. The molecule has 53 heavy (non-hydrogen) atoms. The predicted octanol–water partition coefficient (Wildman–Crippen LogP) is 8.27. The Labute approximate surface area is 309 Å². The molecule has 0 fully saturated rings. The van der Waals surface area contributed by atoms with Crippen molar-refractivity contribution in [1.82, 2.24) is 29.8 Å². The maximum Gasteiger partial charge on any atom is 0.357 e. The van der Waals surface area contributed by atoms with E-state index in [2.05, 4.69) is 89.9 Å². The minimum atomic E-state index is -0.911. The smallest absolute Gasteiger partial charge is 0.357 e. The third-order valence-electron chi connectivity index (χ3n) is 9.55. The van der Waals surface area contributed by atoms with E-state index in [0.29, 0.717) is 30.2 Å². The lowest BCUT2D eigenvalue weighted by Crippen LogP contribution is -2.39. The van der Waals surface area contributed by atoms with E-state index in [9.17, 15) is 9.90 Å². The van der Waals surface area contributed by atoms with Gasteiger partial charge in [-0.2, -0.15) is 0 Å². The molecule has 0 spiro atoms. The molecule has 0 aliphatic carbocycles. The second-order valence-electron chi connectivity index (χ2n) is 13.0. The van der Waals surface area contributed by atoms with Crippen molar-refractivity contribution in [2.24, 2.45) is 0 Å². The molecule has 266 valence electrons. The maximum atomic E-state index is 13.1. The van der Waals surface area contributed by atoms with Gasteiger partial charge >= 0.3 is 5.97 Å². The average molecular weight is 703 g/mol. The third-order valence-corrected chi connectivity index (χ3v) is 9.55. The number of rotatable bonds is 13. The SMILES string of the molecule is CCCc1nc(C(C)O)c(C(=O)OCC)n1Cc1ccc(-c2ccccc2-c2nnnn2C(c2ccccc2)(c2ccccc2)c2ccccc2)cc1. The number of carbonyl (C=O) groups excluding carboxylic acids is 1. The Morgan fingerprint density at radius 1 is 0.755 bits per heavy atom. The van der Waals surface area contributed by atoms with E-state index in [1.54, 1.807) is 13.8 Å². The lowest BCUT2D eigenvalue weighted by atomic mass is 9.77. The van der Waals surface area contributed by atoms with Gasteiger partial charge < -0.3 is 14.4 Å². The van der Waals surface area contributed by atoms with Crippen LogP contribution in [0.4, 0.5) is 0 Å². The first kappa shape index (κ1) is 35.2.